The highest BCUT2D eigenvalue weighted by Gasteiger charge is 2.04. The Hall–Kier alpha value is -2.10. The van der Waals surface area contributed by atoms with Gasteiger partial charge in [0.15, 0.2) is 0 Å². The Morgan fingerprint density at radius 3 is 2.94 bits per heavy atom. The van der Waals surface area contributed by atoms with Crippen LogP contribution in [0.4, 0.5) is 0 Å². The van der Waals surface area contributed by atoms with Crippen molar-refractivity contribution in [3.63, 3.8) is 0 Å². The molecule has 1 heterocycles. The molecule has 0 aliphatic carbocycles. The highest BCUT2D eigenvalue weighted by atomic mass is 16.5. The van der Waals surface area contributed by atoms with E-state index in [0.29, 0.717) is 18.1 Å². The van der Waals surface area contributed by atoms with Gasteiger partial charge in [-0.2, -0.15) is 0 Å². The number of hydrogen-bond donors (Lipinski definition) is 1. The lowest BCUT2D eigenvalue weighted by Gasteiger charge is -2.09. The second kappa shape index (κ2) is 5.49. The van der Waals surface area contributed by atoms with Crippen LogP contribution in [0.25, 0.3) is 11.1 Å². The fourth-order valence-electron chi connectivity index (χ4n) is 1.57. The van der Waals surface area contributed by atoms with Crippen LogP contribution in [0.2, 0.25) is 0 Å². The SMILES string of the molecule is CC(C)COc1cccc(-c2cnc[nH]c2=O)c1. The Labute approximate surface area is 106 Å². The van der Waals surface area contributed by atoms with E-state index in [-0.39, 0.29) is 5.56 Å². The molecule has 0 aliphatic rings. The molecule has 0 atom stereocenters. The van der Waals surface area contributed by atoms with Crippen molar-refractivity contribution in [3.05, 3.63) is 47.1 Å². The lowest BCUT2D eigenvalue weighted by Crippen LogP contribution is -2.08. The molecule has 94 valence electrons. The van der Waals surface area contributed by atoms with Gasteiger partial charge in [0.05, 0.1) is 18.5 Å². The summed E-state index contributed by atoms with van der Waals surface area (Å²) >= 11 is 0. The molecule has 0 spiro atoms. The molecule has 0 radical (unpaired) electrons. The summed E-state index contributed by atoms with van der Waals surface area (Å²) in [5.74, 6) is 1.24. The molecule has 4 nitrogen and oxygen atoms in total. The highest BCUT2D eigenvalue weighted by molar-refractivity contribution is 5.63. The van der Waals surface area contributed by atoms with Crippen molar-refractivity contribution in [3.8, 4) is 16.9 Å². The maximum atomic E-state index is 11.7. The second-order valence-electron chi connectivity index (χ2n) is 4.53. The summed E-state index contributed by atoms with van der Waals surface area (Å²) in [5.41, 5.74) is 1.21. The van der Waals surface area contributed by atoms with Crippen LogP contribution in [0.3, 0.4) is 0 Å². The lowest BCUT2D eigenvalue weighted by molar-refractivity contribution is 0.271. The average Bonchev–Trinajstić information content (AvgIpc) is 2.37. The third-order valence-electron chi connectivity index (χ3n) is 2.45. The van der Waals surface area contributed by atoms with Gasteiger partial charge in [0.2, 0.25) is 0 Å². The van der Waals surface area contributed by atoms with E-state index in [1.165, 1.54) is 6.33 Å². The first-order valence-electron chi connectivity index (χ1n) is 5.92. The van der Waals surface area contributed by atoms with E-state index in [2.05, 4.69) is 23.8 Å². The largest absolute Gasteiger partial charge is 0.493 e. The zero-order valence-electron chi connectivity index (χ0n) is 10.5. The molecule has 4 heteroatoms. The number of nitrogens with zero attached hydrogens (tertiary/aromatic N) is 1. The second-order valence-corrected chi connectivity index (χ2v) is 4.53. The van der Waals surface area contributed by atoms with E-state index in [1.54, 1.807) is 6.20 Å². The molecular weight excluding hydrogens is 228 g/mol. The summed E-state index contributed by atoms with van der Waals surface area (Å²) in [6.07, 6.45) is 2.94. The molecule has 0 aliphatic heterocycles. The van der Waals surface area contributed by atoms with Crippen LogP contribution in [-0.2, 0) is 0 Å². The van der Waals surface area contributed by atoms with Gasteiger partial charge >= 0.3 is 0 Å². The zero-order valence-corrected chi connectivity index (χ0v) is 10.5. The van der Waals surface area contributed by atoms with Crippen molar-refractivity contribution >= 4 is 0 Å². The molecular formula is C14H16N2O2. The van der Waals surface area contributed by atoms with Crippen LogP contribution in [0.5, 0.6) is 5.75 Å². The third kappa shape index (κ3) is 2.97. The smallest absolute Gasteiger partial charge is 0.258 e. The van der Waals surface area contributed by atoms with E-state index in [1.807, 2.05) is 24.3 Å². The maximum absolute atomic E-state index is 11.7. The van der Waals surface area contributed by atoms with Crippen molar-refractivity contribution in [2.75, 3.05) is 6.61 Å². The highest BCUT2D eigenvalue weighted by Crippen LogP contribution is 2.20. The van der Waals surface area contributed by atoms with Crippen LogP contribution >= 0.6 is 0 Å². The van der Waals surface area contributed by atoms with Crippen LogP contribution in [0.1, 0.15) is 13.8 Å². The molecule has 2 aromatic rings. The van der Waals surface area contributed by atoms with Gasteiger partial charge in [-0.15, -0.1) is 0 Å². The lowest BCUT2D eigenvalue weighted by atomic mass is 10.1. The van der Waals surface area contributed by atoms with Gasteiger partial charge in [-0.1, -0.05) is 26.0 Å². The molecule has 1 aromatic carbocycles. The van der Waals surface area contributed by atoms with E-state index in [4.69, 9.17) is 4.74 Å². The number of aromatic amines is 1. The Morgan fingerprint density at radius 1 is 1.39 bits per heavy atom. The molecule has 1 aromatic heterocycles. The first kappa shape index (κ1) is 12.4. The topological polar surface area (TPSA) is 55.0 Å². The van der Waals surface area contributed by atoms with Gasteiger partial charge in [0.1, 0.15) is 5.75 Å². The van der Waals surface area contributed by atoms with Gasteiger partial charge in [0.25, 0.3) is 5.56 Å². The monoisotopic (exact) mass is 244 g/mol. The van der Waals surface area contributed by atoms with E-state index < -0.39 is 0 Å². The minimum absolute atomic E-state index is 0.147. The number of aromatic nitrogens is 2. The molecule has 0 unspecified atom stereocenters. The summed E-state index contributed by atoms with van der Waals surface area (Å²) in [6.45, 7) is 4.85. The zero-order chi connectivity index (χ0) is 13.0. The Balaban J connectivity index is 2.27. The number of ether oxygens (including phenoxy) is 1. The molecule has 0 saturated heterocycles. The first-order valence-corrected chi connectivity index (χ1v) is 5.92. The van der Waals surface area contributed by atoms with Crippen LogP contribution in [0.15, 0.2) is 41.6 Å². The summed E-state index contributed by atoms with van der Waals surface area (Å²) in [6, 6.07) is 7.48. The predicted octanol–water partition coefficient (Wildman–Crippen LogP) is 2.47. The molecule has 1 N–H and O–H groups in total. The van der Waals surface area contributed by atoms with E-state index in [0.717, 1.165) is 11.3 Å². The van der Waals surface area contributed by atoms with E-state index >= 15 is 0 Å². The predicted molar refractivity (Wildman–Crippen MR) is 70.6 cm³/mol. The fraction of sp³-hybridized carbons (Fsp3) is 0.286. The van der Waals surface area contributed by atoms with Crippen molar-refractivity contribution < 1.29 is 4.74 Å². The Kier molecular flexibility index (Phi) is 3.77. The Morgan fingerprint density at radius 2 is 2.22 bits per heavy atom. The fourth-order valence-corrected chi connectivity index (χ4v) is 1.57. The molecule has 0 fully saturated rings. The van der Waals surface area contributed by atoms with E-state index in [9.17, 15) is 4.79 Å². The van der Waals surface area contributed by atoms with Gasteiger partial charge in [-0.25, -0.2) is 4.98 Å². The number of nitrogens with one attached hydrogen (secondary N) is 1. The van der Waals surface area contributed by atoms with Crippen molar-refractivity contribution in [1.29, 1.82) is 0 Å². The maximum Gasteiger partial charge on any atom is 0.258 e. The number of H-pyrrole nitrogens is 1. The van der Waals surface area contributed by atoms with Crippen molar-refractivity contribution in [2.45, 2.75) is 13.8 Å². The minimum atomic E-state index is -0.147. The van der Waals surface area contributed by atoms with Crippen LogP contribution in [0, 0.1) is 5.92 Å². The Bertz CT molecular complexity index is 576. The standard InChI is InChI=1S/C14H16N2O2/c1-10(2)8-18-12-5-3-4-11(6-12)13-7-15-9-16-14(13)17/h3-7,9-10H,8H2,1-2H3,(H,15,16,17). The van der Waals surface area contributed by atoms with Crippen LogP contribution < -0.4 is 10.3 Å². The first-order chi connectivity index (χ1) is 8.66. The molecule has 0 amide bonds. The number of hydrogen-bond acceptors (Lipinski definition) is 3. The quantitative estimate of drug-likeness (QED) is 0.898. The third-order valence-corrected chi connectivity index (χ3v) is 2.45. The summed E-state index contributed by atoms with van der Waals surface area (Å²) < 4.78 is 5.64. The van der Waals surface area contributed by atoms with Crippen LogP contribution in [-0.4, -0.2) is 16.6 Å². The van der Waals surface area contributed by atoms with Gasteiger partial charge in [-0.3, -0.25) is 4.79 Å². The minimum Gasteiger partial charge on any atom is -0.493 e. The van der Waals surface area contributed by atoms with Gasteiger partial charge in [-0.05, 0) is 23.6 Å². The van der Waals surface area contributed by atoms with Crippen molar-refractivity contribution in [2.24, 2.45) is 5.92 Å². The summed E-state index contributed by atoms with van der Waals surface area (Å²) in [7, 11) is 0. The number of rotatable bonds is 4. The van der Waals surface area contributed by atoms with Gasteiger partial charge in [0, 0.05) is 6.20 Å². The average molecular weight is 244 g/mol. The molecule has 0 saturated carbocycles. The van der Waals surface area contributed by atoms with Crippen molar-refractivity contribution in [1.82, 2.24) is 9.97 Å². The summed E-state index contributed by atoms with van der Waals surface area (Å²) in [5, 5.41) is 0. The summed E-state index contributed by atoms with van der Waals surface area (Å²) in [4.78, 5) is 18.2. The normalized spacial score (nSPS) is 10.6. The number of benzene rings is 1. The molecule has 18 heavy (non-hydrogen) atoms. The van der Waals surface area contributed by atoms with Gasteiger partial charge < -0.3 is 9.72 Å². The molecule has 0 bridgehead atoms. The molecule has 2 rings (SSSR count).